The monoisotopic (exact) mass is 296 g/mol. The molecule has 0 radical (unpaired) electrons. The molecule has 2 rings (SSSR count). The highest BCUT2D eigenvalue weighted by molar-refractivity contribution is 8.72. The van der Waals surface area contributed by atoms with Gasteiger partial charge in [0.05, 0.1) is 11.2 Å². The fourth-order valence-electron chi connectivity index (χ4n) is 1.41. The fourth-order valence-corrected chi connectivity index (χ4v) is 4.20. The normalized spacial score (nSPS) is 11.5. The second-order valence-corrected chi connectivity index (χ2v) is 7.78. The lowest BCUT2D eigenvalue weighted by atomic mass is 10.2. The number of benzene rings is 1. The Morgan fingerprint density at radius 2 is 1.68 bits per heavy atom. The predicted molar refractivity (Wildman–Crippen MR) is 73.9 cm³/mol. The van der Waals surface area contributed by atoms with Gasteiger partial charge in [-0.15, -0.1) is 0 Å². The summed E-state index contributed by atoms with van der Waals surface area (Å²) in [5.41, 5.74) is 1.03. The molecule has 0 aliphatic heterocycles. The molecule has 1 heterocycles. The van der Waals surface area contributed by atoms with Crippen LogP contribution in [-0.2, 0) is 8.87 Å². The summed E-state index contributed by atoms with van der Waals surface area (Å²) in [7, 11) is -3.03. The Balaban J connectivity index is 2.39. The van der Waals surface area contributed by atoms with E-state index >= 15 is 0 Å². The Bertz CT molecular complexity index is 743. The van der Waals surface area contributed by atoms with Gasteiger partial charge in [0.15, 0.2) is 10.5 Å². The van der Waals surface area contributed by atoms with E-state index in [0.717, 1.165) is 5.56 Å². The zero-order valence-corrected chi connectivity index (χ0v) is 12.0. The molecule has 0 saturated heterocycles. The molecule has 6 heteroatoms. The highest BCUT2D eigenvalue weighted by atomic mass is 33.1. The van der Waals surface area contributed by atoms with Gasteiger partial charge in [0, 0.05) is 22.4 Å². The topological polar surface area (TPSA) is 64.3 Å². The highest BCUT2D eigenvalue weighted by Gasteiger charge is 2.20. The third kappa shape index (κ3) is 3.08. The molecule has 0 aliphatic carbocycles. The molecule has 0 fully saturated rings. The Kier molecular flexibility index (Phi) is 3.82. The van der Waals surface area contributed by atoms with Crippen LogP contribution in [-0.4, -0.2) is 8.42 Å². The average Bonchev–Trinajstić information content (AvgIpc) is 2.35. The predicted octanol–water partition coefficient (Wildman–Crippen LogP) is 2.74. The van der Waals surface area contributed by atoms with E-state index < -0.39 is 8.87 Å². The highest BCUT2D eigenvalue weighted by Crippen LogP contribution is 2.31. The summed E-state index contributed by atoms with van der Waals surface area (Å²) in [5.74, 6) is 0. The molecule has 0 spiro atoms. The smallest absolute Gasteiger partial charge is 0.237 e. The van der Waals surface area contributed by atoms with Crippen LogP contribution in [0.2, 0.25) is 0 Å². The van der Waals surface area contributed by atoms with E-state index in [0.29, 0.717) is 16.4 Å². The van der Waals surface area contributed by atoms with Crippen LogP contribution in [0.15, 0.2) is 55.8 Å². The lowest BCUT2D eigenvalue weighted by Crippen LogP contribution is -2.05. The van der Waals surface area contributed by atoms with Gasteiger partial charge in [0.25, 0.3) is 0 Å². The third-order valence-electron chi connectivity index (χ3n) is 2.57. The summed E-state index contributed by atoms with van der Waals surface area (Å²) >= 11 is 0. The zero-order valence-electron chi connectivity index (χ0n) is 10.4. The van der Waals surface area contributed by atoms with Crippen LogP contribution in [0.5, 0.6) is 0 Å². The molecule has 100 valence electrons. The van der Waals surface area contributed by atoms with E-state index in [4.69, 9.17) is 4.42 Å². The van der Waals surface area contributed by atoms with E-state index in [1.165, 1.54) is 24.5 Å². The van der Waals surface area contributed by atoms with Crippen LogP contribution in [0.1, 0.15) is 11.1 Å². The molecular formula is C13H12O4S2. The molecular weight excluding hydrogens is 284 g/mol. The molecule has 0 unspecified atom stereocenters. The molecule has 4 nitrogen and oxygen atoms in total. The third-order valence-corrected chi connectivity index (χ3v) is 5.88. The molecule has 1 aromatic carbocycles. The van der Waals surface area contributed by atoms with Crippen molar-refractivity contribution in [2.45, 2.75) is 23.8 Å². The van der Waals surface area contributed by atoms with Crippen LogP contribution in [0, 0.1) is 13.8 Å². The minimum atomic E-state index is -3.59. The average molecular weight is 296 g/mol. The van der Waals surface area contributed by atoms with Crippen molar-refractivity contribution in [3.8, 4) is 0 Å². The molecule has 0 saturated carbocycles. The van der Waals surface area contributed by atoms with E-state index in [1.54, 1.807) is 19.1 Å². The zero-order chi connectivity index (χ0) is 14.0. The SMILES string of the molecule is Cc1ccc(S(=O)(=O)Sc2occc(=O)c2C)cc1. The first kappa shape index (κ1) is 13.9. The number of rotatable bonds is 3. The maximum atomic E-state index is 12.2. The molecule has 0 atom stereocenters. The van der Waals surface area contributed by atoms with E-state index in [1.807, 2.05) is 6.92 Å². The van der Waals surface area contributed by atoms with Gasteiger partial charge in [-0.25, -0.2) is 8.42 Å². The summed E-state index contributed by atoms with van der Waals surface area (Å²) in [6.07, 6.45) is 1.20. The lowest BCUT2D eigenvalue weighted by Gasteiger charge is -2.05. The summed E-state index contributed by atoms with van der Waals surface area (Å²) in [4.78, 5) is 11.6. The maximum absolute atomic E-state index is 12.2. The van der Waals surface area contributed by atoms with Gasteiger partial charge in [0.2, 0.25) is 8.87 Å². The van der Waals surface area contributed by atoms with E-state index in [2.05, 4.69) is 0 Å². The Hall–Kier alpha value is -1.53. The van der Waals surface area contributed by atoms with Gasteiger partial charge in [-0.05, 0) is 26.0 Å². The van der Waals surface area contributed by atoms with Gasteiger partial charge in [-0.2, -0.15) is 0 Å². The first-order valence-corrected chi connectivity index (χ1v) is 8.31. The van der Waals surface area contributed by atoms with Crippen LogP contribution in [0.25, 0.3) is 0 Å². The molecule has 1 aromatic heterocycles. The van der Waals surface area contributed by atoms with E-state index in [-0.39, 0.29) is 15.4 Å². The van der Waals surface area contributed by atoms with Crippen molar-refractivity contribution in [1.29, 1.82) is 0 Å². The molecule has 2 aromatic rings. The van der Waals surface area contributed by atoms with Gasteiger partial charge in [0.1, 0.15) is 0 Å². The fraction of sp³-hybridized carbons (Fsp3) is 0.154. The Morgan fingerprint density at radius 3 is 2.32 bits per heavy atom. The molecule has 0 aliphatic rings. The number of aryl methyl sites for hydroxylation is 1. The van der Waals surface area contributed by atoms with Gasteiger partial charge < -0.3 is 4.42 Å². The van der Waals surface area contributed by atoms with Crippen LogP contribution < -0.4 is 5.43 Å². The first-order chi connectivity index (χ1) is 8.90. The minimum Gasteiger partial charge on any atom is -0.457 e. The Morgan fingerprint density at radius 1 is 1.05 bits per heavy atom. The molecule has 0 amide bonds. The second kappa shape index (κ2) is 5.22. The van der Waals surface area contributed by atoms with Crippen molar-refractivity contribution in [2.24, 2.45) is 0 Å². The van der Waals surface area contributed by atoms with Crippen molar-refractivity contribution >= 4 is 19.7 Å². The summed E-state index contributed by atoms with van der Waals surface area (Å²) < 4.78 is 29.5. The van der Waals surface area contributed by atoms with E-state index in [9.17, 15) is 13.2 Å². The van der Waals surface area contributed by atoms with Crippen molar-refractivity contribution in [3.63, 3.8) is 0 Å². The Labute approximate surface area is 114 Å². The standard InChI is InChI=1S/C13H12O4S2/c1-9-3-5-11(6-4-9)19(15,16)18-13-10(2)12(14)7-8-17-13/h3-8H,1-2H3. The van der Waals surface area contributed by atoms with Gasteiger partial charge in [-0.1, -0.05) is 17.7 Å². The van der Waals surface area contributed by atoms with Crippen molar-refractivity contribution in [1.82, 2.24) is 0 Å². The van der Waals surface area contributed by atoms with Crippen molar-refractivity contribution < 1.29 is 12.8 Å². The van der Waals surface area contributed by atoms with Crippen molar-refractivity contribution in [2.75, 3.05) is 0 Å². The minimum absolute atomic E-state index is 0.105. The van der Waals surface area contributed by atoms with Gasteiger partial charge >= 0.3 is 0 Å². The molecule has 19 heavy (non-hydrogen) atoms. The molecule has 0 bridgehead atoms. The largest absolute Gasteiger partial charge is 0.457 e. The summed E-state index contributed by atoms with van der Waals surface area (Å²) in [6.45, 7) is 3.42. The first-order valence-electron chi connectivity index (χ1n) is 5.50. The molecule has 0 N–H and O–H groups in total. The quantitative estimate of drug-likeness (QED) is 0.815. The van der Waals surface area contributed by atoms with Crippen LogP contribution in [0.4, 0.5) is 0 Å². The number of hydrogen-bond acceptors (Lipinski definition) is 5. The van der Waals surface area contributed by atoms with Crippen LogP contribution in [0.3, 0.4) is 0 Å². The second-order valence-electron chi connectivity index (χ2n) is 4.05. The number of hydrogen-bond donors (Lipinski definition) is 0. The summed E-state index contributed by atoms with van der Waals surface area (Å²) in [5, 5.41) is 0.105. The maximum Gasteiger partial charge on any atom is 0.237 e. The summed E-state index contributed by atoms with van der Waals surface area (Å²) in [6, 6.07) is 7.78. The van der Waals surface area contributed by atoms with Gasteiger partial charge in [-0.3, -0.25) is 4.79 Å². The lowest BCUT2D eigenvalue weighted by molar-refractivity contribution is 0.447. The van der Waals surface area contributed by atoms with Crippen molar-refractivity contribution in [3.05, 3.63) is 57.9 Å². The van der Waals surface area contributed by atoms with Crippen LogP contribution >= 0.6 is 10.8 Å².